The fraction of sp³-hybridized carbons (Fsp3) is 0.214. The SMILES string of the molecule is COc1ccc(C)cc1/C(O)=C1\C(=O)C(=O)N(c2ccccc2)C1c1cccc(OC(C)C)c1. The van der Waals surface area contributed by atoms with Crippen LogP contribution in [0.4, 0.5) is 5.69 Å². The molecular formula is C28H27NO5. The number of aliphatic hydroxyl groups excluding tert-OH is 1. The number of carbonyl (C=O) groups excluding carboxylic acids is 2. The molecule has 1 N–H and O–H groups in total. The summed E-state index contributed by atoms with van der Waals surface area (Å²) in [6.45, 7) is 5.72. The number of aryl methyl sites for hydroxylation is 1. The first-order chi connectivity index (χ1) is 16.3. The maximum Gasteiger partial charge on any atom is 0.300 e. The summed E-state index contributed by atoms with van der Waals surface area (Å²) in [5.74, 6) is -0.730. The lowest BCUT2D eigenvalue weighted by Crippen LogP contribution is -2.29. The van der Waals surface area contributed by atoms with E-state index in [1.54, 1.807) is 42.5 Å². The lowest BCUT2D eigenvalue weighted by Gasteiger charge is -2.26. The van der Waals surface area contributed by atoms with Gasteiger partial charge in [0.1, 0.15) is 17.3 Å². The van der Waals surface area contributed by atoms with Crippen molar-refractivity contribution < 1.29 is 24.2 Å². The first-order valence-corrected chi connectivity index (χ1v) is 11.1. The van der Waals surface area contributed by atoms with Gasteiger partial charge in [-0.3, -0.25) is 14.5 Å². The largest absolute Gasteiger partial charge is 0.507 e. The van der Waals surface area contributed by atoms with Crippen molar-refractivity contribution in [3.8, 4) is 11.5 Å². The van der Waals surface area contributed by atoms with Crippen LogP contribution in [0.2, 0.25) is 0 Å². The van der Waals surface area contributed by atoms with Gasteiger partial charge in [-0.15, -0.1) is 0 Å². The molecule has 3 aromatic carbocycles. The molecule has 1 aliphatic heterocycles. The van der Waals surface area contributed by atoms with Crippen molar-refractivity contribution >= 4 is 23.1 Å². The molecule has 174 valence electrons. The normalized spacial score (nSPS) is 17.3. The van der Waals surface area contributed by atoms with Crippen LogP contribution in [0.25, 0.3) is 5.76 Å². The smallest absolute Gasteiger partial charge is 0.300 e. The third-order valence-corrected chi connectivity index (χ3v) is 5.63. The molecule has 0 radical (unpaired) electrons. The second-order valence-electron chi connectivity index (χ2n) is 8.45. The molecule has 0 spiro atoms. The molecule has 0 aromatic heterocycles. The van der Waals surface area contributed by atoms with Gasteiger partial charge in [0.15, 0.2) is 0 Å². The van der Waals surface area contributed by atoms with Crippen molar-refractivity contribution in [2.45, 2.75) is 32.9 Å². The molecule has 0 aliphatic carbocycles. The Kier molecular flexibility index (Phi) is 6.41. The highest BCUT2D eigenvalue weighted by Crippen LogP contribution is 2.43. The molecule has 6 heteroatoms. The number of para-hydroxylation sites is 1. The van der Waals surface area contributed by atoms with E-state index >= 15 is 0 Å². The number of ether oxygens (including phenoxy) is 2. The minimum atomic E-state index is -0.844. The summed E-state index contributed by atoms with van der Waals surface area (Å²) in [6.07, 6.45) is -0.0488. The van der Waals surface area contributed by atoms with Gasteiger partial charge in [-0.2, -0.15) is 0 Å². The Labute approximate surface area is 199 Å². The van der Waals surface area contributed by atoms with Crippen LogP contribution in [0.3, 0.4) is 0 Å². The van der Waals surface area contributed by atoms with Crippen molar-refractivity contribution in [2.24, 2.45) is 0 Å². The molecule has 0 bridgehead atoms. The second-order valence-corrected chi connectivity index (χ2v) is 8.45. The highest BCUT2D eigenvalue weighted by molar-refractivity contribution is 6.51. The van der Waals surface area contributed by atoms with Crippen LogP contribution in [-0.4, -0.2) is 30.0 Å². The predicted molar refractivity (Wildman–Crippen MR) is 131 cm³/mol. The number of carbonyl (C=O) groups is 2. The van der Waals surface area contributed by atoms with E-state index < -0.39 is 17.7 Å². The lowest BCUT2D eigenvalue weighted by atomic mass is 9.94. The Balaban J connectivity index is 1.97. The summed E-state index contributed by atoms with van der Waals surface area (Å²) in [6, 6.07) is 20.7. The fourth-order valence-corrected chi connectivity index (χ4v) is 4.18. The number of Topliss-reactive ketones (excluding diaryl/α,β-unsaturated/α-hetero) is 1. The molecule has 1 amide bonds. The Morgan fingerprint density at radius 1 is 0.971 bits per heavy atom. The highest BCUT2D eigenvalue weighted by atomic mass is 16.5. The molecule has 34 heavy (non-hydrogen) atoms. The Hall–Kier alpha value is -4.06. The molecule has 1 fully saturated rings. The number of hydrogen-bond donors (Lipinski definition) is 1. The second kappa shape index (κ2) is 9.43. The fourth-order valence-electron chi connectivity index (χ4n) is 4.18. The van der Waals surface area contributed by atoms with Gasteiger partial charge in [-0.05, 0) is 62.7 Å². The molecule has 0 saturated carbocycles. The Bertz CT molecular complexity index is 1260. The highest BCUT2D eigenvalue weighted by Gasteiger charge is 2.47. The van der Waals surface area contributed by atoms with Crippen molar-refractivity contribution in [3.63, 3.8) is 0 Å². The van der Waals surface area contributed by atoms with E-state index in [1.807, 2.05) is 51.1 Å². The van der Waals surface area contributed by atoms with Gasteiger partial charge in [-0.1, -0.05) is 42.0 Å². The molecule has 6 nitrogen and oxygen atoms in total. The summed E-state index contributed by atoms with van der Waals surface area (Å²) >= 11 is 0. The van der Waals surface area contributed by atoms with Crippen LogP contribution in [0.1, 0.15) is 36.6 Å². The van der Waals surface area contributed by atoms with Gasteiger partial charge in [0.2, 0.25) is 0 Å². The van der Waals surface area contributed by atoms with Crippen LogP contribution in [0.5, 0.6) is 11.5 Å². The number of rotatable bonds is 6. The number of hydrogen-bond acceptors (Lipinski definition) is 5. The minimum Gasteiger partial charge on any atom is -0.507 e. The van der Waals surface area contributed by atoms with Gasteiger partial charge >= 0.3 is 0 Å². The molecular weight excluding hydrogens is 430 g/mol. The zero-order chi connectivity index (χ0) is 24.4. The molecule has 4 rings (SSSR count). The third kappa shape index (κ3) is 4.27. The summed E-state index contributed by atoms with van der Waals surface area (Å²) in [5.41, 5.74) is 2.44. The van der Waals surface area contributed by atoms with Crippen LogP contribution in [0.15, 0.2) is 78.4 Å². The lowest BCUT2D eigenvalue weighted by molar-refractivity contribution is -0.132. The molecule has 3 aromatic rings. The average molecular weight is 458 g/mol. The van der Waals surface area contributed by atoms with Crippen LogP contribution < -0.4 is 14.4 Å². The van der Waals surface area contributed by atoms with Gasteiger partial charge < -0.3 is 14.6 Å². The number of anilines is 1. The zero-order valence-electron chi connectivity index (χ0n) is 19.6. The van der Waals surface area contributed by atoms with E-state index in [0.717, 1.165) is 5.56 Å². The van der Waals surface area contributed by atoms with Crippen molar-refractivity contribution in [2.75, 3.05) is 12.0 Å². The number of ketones is 1. The van der Waals surface area contributed by atoms with Crippen molar-refractivity contribution in [1.29, 1.82) is 0 Å². The first-order valence-electron chi connectivity index (χ1n) is 11.1. The van der Waals surface area contributed by atoms with Crippen LogP contribution in [0, 0.1) is 6.92 Å². The van der Waals surface area contributed by atoms with Crippen LogP contribution in [-0.2, 0) is 9.59 Å². The zero-order valence-corrected chi connectivity index (χ0v) is 19.6. The quantitative estimate of drug-likeness (QED) is 0.304. The number of nitrogens with zero attached hydrogens (tertiary/aromatic N) is 1. The van der Waals surface area contributed by atoms with E-state index in [2.05, 4.69) is 0 Å². The first kappa shape index (κ1) is 23.1. The number of aliphatic hydroxyl groups is 1. The third-order valence-electron chi connectivity index (χ3n) is 5.63. The summed E-state index contributed by atoms with van der Waals surface area (Å²) in [7, 11) is 1.49. The standard InChI is InChI=1S/C28H27NO5/c1-17(2)34-21-12-8-9-19(16-21)25-24(26(30)22-15-18(3)13-14-23(22)33-4)27(31)28(32)29(25)20-10-6-5-7-11-20/h5-17,25,30H,1-4H3/b26-24+. The van der Waals surface area contributed by atoms with Crippen LogP contribution >= 0.6 is 0 Å². The molecule has 1 aliphatic rings. The number of benzene rings is 3. The topological polar surface area (TPSA) is 76.1 Å². The van der Waals surface area contributed by atoms with Gasteiger partial charge in [0, 0.05) is 5.69 Å². The molecule has 1 unspecified atom stereocenters. The summed E-state index contributed by atoms with van der Waals surface area (Å²) in [5, 5.41) is 11.4. The summed E-state index contributed by atoms with van der Waals surface area (Å²) in [4.78, 5) is 28.1. The van der Waals surface area contributed by atoms with E-state index in [-0.39, 0.29) is 17.4 Å². The van der Waals surface area contributed by atoms with Crippen molar-refractivity contribution in [3.05, 3.63) is 95.1 Å². The Morgan fingerprint density at radius 2 is 1.71 bits per heavy atom. The molecule has 1 atom stereocenters. The maximum absolute atomic E-state index is 13.4. The van der Waals surface area contributed by atoms with Gasteiger partial charge in [0.25, 0.3) is 11.7 Å². The van der Waals surface area contributed by atoms with Gasteiger partial charge in [-0.25, -0.2) is 0 Å². The molecule has 1 saturated heterocycles. The van der Waals surface area contributed by atoms with Gasteiger partial charge in [0.05, 0.1) is 30.4 Å². The number of amides is 1. The van der Waals surface area contributed by atoms with E-state index in [9.17, 15) is 14.7 Å². The Morgan fingerprint density at radius 3 is 2.38 bits per heavy atom. The maximum atomic E-state index is 13.4. The monoisotopic (exact) mass is 457 g/mol. The van der Waals surface area contributed by atoms with Crippen molar-refractivity contribution in [1.82, 2.24) is 0 Å². The molecule has 1 heterocycles. The predicted octanol–water partition coefficient (Wildman–Crippen LogP) is 5.42. The average Bonchev–Trinajstić information content (AvgIpc) is 3.09. The van der Waals surface area contributed by atoms with E-state index in [4.69, 9.17) is 9.47 Å². The number of methoxy groups -OCH3 is 1. The minimum absolute atomic E-state index is 0.000509. The van der Waals surface area contributed by atoms with E-state index in [0.29, 0.717) is 28.3 Å². The van der Waals surface area contributed by atoms with E-state index in [1.165, 1.54) is 12.0 Å². The summed E-state index contributed by atoms with van der Waals surface area (Å²) < 4.78 is 11.3.